The van der Waals surface area contributed by atoms with Gasteiger partial charge in [0, 0.05) is 22.9 Å². The molecular weight excluding hydrogens is 248 g/mol. The molecule has 0 unspecified atom stereocenters. The van der Waals surface area contributed by atoms with E-state index in [-0.39, 0.29) is 5.75 Å². The molecule has 0 fully saturated rings. The highest BCUT2D eigenvalue weighted by atomic mass is 35.7. The van der Waals surface area contributed by atoms with Gasteiger partial charge in [0.25, 0.3) is 0 Å². The van der Waals surface area contributed by atoms with Crippen molar-refractivity contribution in [3.05, 3.63) is 29.8 Å². The van der Waals surface area contributed by atoms with Crippen molar-refractivity contribution >= 4 is 31.8 Å². The SMILES string of the molecule is O=S(=O)(Cl)Cc1cccc(N2C=NCC2)c1. The summed E-state index contributed by atoms with van der Waals surface area (Å²) in [6, 6.07) is 7.30. The summed E-state index contributed by atoms with van der Waals surface area (Å²) < 4.78 is 21.9. The number of rotatable bonds is 3. The molecule has 0 aromatic heterocycles. The van der Waals surface area contributed by atoms with E-state index in [9.17, 15) is 8.42 Å². The van der Waals surface area contributed by atoms with Gasteiger partial charge in [-0.05, 0) is 17.7 Å². The number of hydrogen-bond acceptors (Lipinski definition) is 4. The van der Waals surface area contributed by atoms with E-state index in [4.69, 9.17) is 10.7 Å². The van der Waals surface area contributed by atoms with E-state index in [1.54, 1.807) is 12.4 Å². The molecule has 1 heterocycles. The van der Waals surface area contributed by atoms with E-state index < -0.39 is 9.05 Å². The number of nitrogens with zero attached hydrogens (tertiary/aromatic N) is 2. The van der Waals surface area contributed by atoms with Crippen LogP contribution in [0, 0.1) is 0 Å². The van der Waals surface area contributed by atoms with Gasteiger partial charge in [-0.25, -0.2) is 8.42 Å². The molecule has 2 rings (SSSR count). The molecule has 0 radical (unpaired) electrons. The molecule has 4 nitrogen and oxygen atoms in total. The second-order valence-corrected chi connectivity index (χ2v) is 6.35. The Morgan fingerprint density at radius 2 is 2.25 bits per heavy atom. The monoisotopic (exact) mass is 258 g/mol. The summed E-state index contributed by atoms with van der Waals surface area (Å²) in [5, 5.41) is 0. The average Bonchev–Trinajstić information content (AvgIpc) is 2.68. The Hall–Kier alpha value is -1.07. The lowest BCUT2D eigenvalue weighted by atomic mass is 10.2. The second-order valence-electron chi connectivity index (χ2n) is 3.57. The van der Waals surface area contributed by atoms with Crippen LogP contribution in [0.25, 0.3) is 0 Å². The van der Waals surface area contributed by atoms with Crippen LogP contribution < -0.4 is 4.90 Å². The molecule has 0 atom stereocenters. The summed E-state index contributed by atoms with van der Waals surface area (Å²) >= 11 is 0. The molecule has 16 heavy (non-hydrogen) atoms. The molecule has 0 N–H and O–H groups in total. The fraction of sp³-hybridized carbons (Fsp3) is 0.300. The fourth-order valence-corrected chi connectivity index (χ4v) is 2.55. The maximum absolute atomic E-state index is 11.0. The second kappa shape index (κ2) is 4.43. The Kier molecular flexibility index (Phi) is 3.16. The van der Waals surface area contributed by atoms with Gasteiger partial charge in [0.15, 0.2) is 0 Å². The molecule has 0 saturated carbocycles. The lowest BCUT2D eigenvalue weighted by molar-refractivity contribution is 0.609. The van der Waals surface area contributed by atoms with Gasteiger partial charge in [0.2, 0.25) is 9.05 Å². The third kappa shape index (κ3) is 2.96. The van der Waals surface area contributed by atoms with Crippen LogP contribution >= 0.6 is 10.7 Å². The number of hydrogen-bond donors (Lipinski definition) is 0. The number of benzene rings is 1. The maximum atomic E-state index is 11.0. The van der Waals surface area contributed by atoms with Gasteiger partial charge < -0.3 is 4.90 Å². The van der Waals surface area contributed by atoms with Crippen LogP contribution in [0.4, 0.5) is 5.69 Å². The van der Waals surface area contributed by atoms with Crippen molar-refractivity contribution in [3.8, 4) is 0 Å². The lowest BCUT2D eigenvalue weighted by Crippen LogP contribution is -2.18. The minimum atomic E-state index is -3.50. The summed E-state index contributed by atoms with van der Waals surface area (Å²) in [7, 11) is 1.71. The Bertz CT molecular complexity index is 513. The highest BCUT2D eigenvalue weighted by Gasteiger charge is 2.11. The third-order valence-electron chi connectivity index (χ3n) is 2.27. The van der Waals surface area contributed by atoms with Crippen LogP contribution in [0.5, 0.6) is 0 Å². The van der Waals surface area contributed by atoms with E-state index in [1.807, 2.05) is 23.1 Å². The third-order valence-corrected chi connectivity index (χ3v) is 3.28. The Labute approximate surface area is 99.0 Å². The molecule has 0 spiro atoms. The molecule has 1 aliphatic heterocycles. The first-order valence-corrected chi connectivity index (χ1v) is 7.30. The zero-order chi connectivity index (χ0) is 11.6. The first-order valence-electron chi connectivity index (χ1n) is 4.82. The Morgan fingerprint density at radius 1 is 1.44 bits per heavy atom. The quantitative estimate of drug-likeness (QED) is 0.774. The van der Waals surface area contributed by atoms with E-state index in [0.29, 0.717) is 5.56 Å². The maximum Gasteiger partial charge on any atom is 0.236 e. The average molecular weight is 259 g/mol. The number of anilines is 1. The van der Waals surface area contributed by atoms with E-state index >= 15 is 0 Å². The van der Waals surface area contributed by atoms with Gasteiger partial charge in [0.05, 0.1) is 18.6 Å². The van der Waals surface area contributed by atoms with Gasteiger partial charge in [0.1, 0.15) is 0 Å². The first-order chi connectivity index (χ1) is 7.54. The zero-order valence-electron chi connectivity index (χ0n) is 8.51. The van der Waals surface area contributed by atoms with Crippen molar-refractivity contribution in [2.75, 3.05) is 18.0 Å². The van der Waals surface area contributed by atoms with Crippen LogP contribution in [0.3, 0.4) is 0 Å². The molecule has 0 amide bonds. The van der Waals surface area contributed by atoms with Crippen LogP contribution in [0.15, 0.2) is 29.3 Å². The van der Waals surface area contributed by atoms with Gasteiger partial charge in [-0.1, -0.05) is 12.1 Å². The number of aliphatic imine (C=N–C) groups is 1. The summed E-state index contributed by atoms with van der Waals surface area (Å²) in [4.78, 5) is 6.08. The van der Waals surface area contributed by atoms with Crippen LogP contribution in [-0.2, 0) is 14.8 Å². The normalized spacial score (nSPS) is 15.7. The van der Waals surface area contributed by atoms with Gasteiger partial charge in [-0.2, -0.15) is 0 Å². The topological polar surface area (TPSA) is 49.7 Å². The Balaban J connectivity index is 2.22. The lowest BCUT2D eigenvalue weighted by Gasteiger charge is -2.14. The van der Waals surface area contributed by atoms with Crippen molar-refractivity contribution < 1.29 is 8.42 Å². The van der Waals surface area contributed by atoms with Crippen LogP contribution in [0.1, 0.15) is 5.56 Å². The predicted molar refractivity (Wildman–Crippen MR) is 65.6 cm³/mol. The molecule has 86 valence electrons. The minimum absolute atomic E-state index is 0.145. The molecule has 6 heteroatoms. The smallest absolute Gasteiger partial charge is 0.236 e. The van der Waals surface area contributed by atoms with E-state index in [1.165, 1.54) is 0 Å². The van der Waals surface area contributed by atoms with Crippen molar-refractivity contribution in [2.24, 2.45) is 4.99 Å². The van der Waals surface area contributed by atoms with Crippen molar-refractivity contribution in [1.82, 2.24) is 0 Å². The summed E-state index contributed by atoms with van der Waals surface area (Å²) in [6.45, 7) is 1.61. The molecular formula is C10H11ClN2O2S. The highest BCUT2D eigenvalue weighted by Crippen LogP contribution is 2.19. The van der Waals surface area contributed by atoms with Crippen molar-refractivity contribution in [3.63, 3.8) is 0 Å². The van der Waals surface area contributed by atoms with Gasteiger partial charge in [-0.3, -0.25) is 4.99 Å². The predicted octanol–water partition coefficient (Wildman–Crippen LogP) is 1.60. The minimum Gasteiger partial charge on any atom is -0.331 e. The molecule has 0 bridgehead atoms. The van der Waals surface area contributed by atoms with Crippen molar-refractivity contribution in [2.45, 2.75) is 5.75 Å². The highest BCUT2D eigenvalue weighted by molar-refractivity contribution is 8.13. The first kappa shape index (κ1) is 11.4. The molecule has 1 aromatic rings. The van der Waals surface area contributed by atoms with Gasteiger partial charge >= 0.3 is 0 Å². The molecule has 0 aliphatic carbocycles. The summed E-state index contributed by atoms with van der Waals surface area (Å²) in [6.07, 6.45) is 1.76. The van der Waals surface area contributed by atoms with Crippen LogP contribution in [-0.4, -0.2) is 27.8 Å². The zero-order valence-corrected chi connectivity index (χ0v) is 10.1. The van der Waals surface area contributed by atoms with Crippen molar-refractivity contribution in [1.29, 1.82) is 0 Å². The summed E-state index contributed by atoms with van der Waals surface area (Å²) in [5.41, 5.74) is 1.63. The molecule has 0 saturated heterocycles. The summed E-state index contributed by atoms with van der Waals surface area (Å²) in [5.74, 6) is -0.145. The number of halogens is 1. The molecule has 1 aromatic carbocycles. The van der Waals surface area contributed by atoms with E-state index in [0.717, 1.165) is 18.8 Å². The standard InChI is InChI=1S/C10H11ClN2O2S/c11-16(14,15)7-9-2-1-3-10(6-9)13-5-4-12-8-13/h1-3,6,8H,4-5,7H2. The van der Waals surface area contributed by atoms with E-state index in [2.05, 4.69) is 4.99 Å². The molecule has 1 aliphatic rings. The van der Waals surface area contributed by atoms with Crippen LogP contribution in [0.2, 0.25) is 0 Å². The Morgan fingerprint density at radius 3 is 2.88 bits per heavy atom. The van der Waals surface area contributed by atoms with Gasteiger partial charge in [-0.15, -0.1) is 0 Å². The largest absolute Gasteiger partial charge is 0.331 e. The fourth-order valence-electron chi connectivity index (χ4n) is 1.60.